The van der Waals surface area contributed by atoms with Crippen LogP contribution in [0, 0.1) is 0 Å². The van der Waals surface area contributed by atoms with Gasteiger partial charge in [0, 0.05) is 20.4 Å². The average molecular weight is 262 g/mol. The number of carbonyl (C=O) groups is 2. The van der Waals surface area contributed by atoms with Gasteiger partial charge in [-0.3, -0.25) is 9.59 Å². The molecule has 8 heteroatoms. The van der Waals surface area contributed by atoms with Gasteiger partial charge in [0.1, 0.15) is 24.4 Å². The van der Waals surface area contributed by atoms with Crippen LogP contribution in [-0.4, -0.2) is 64.3 Å². The molecule has 1 aliphatic rings. The number of ether oxygens (including phenoxy) is 1. The van der Waals surface area contributed by atoms with Crippen molar-refractivity contribution >= 4 is 11.8 Å². The minimum absolute atomic E-state index is 0.0442. The summed E-state index contributed by atoms with van der Waals surface area (Å²) in [4.78, 5) is 21.6. The number of carbonyl (C=O) groups excluding carboxylic acids is 2. The predicted octanol–water partition coefficient (Wildman–Crippen LogP) is -2.93. The zero-order chi connectivity index (χ0) is 13.9. The molecule has 5 N–H and O–H groups in total. The summed E-state index contributed by atoms with van der Waals surface area (Å²) >= 11 is 0. The molecule has 2 amide bonds. The van der Waals surface area contributed by atoms with E-state index >= 15 is 0 Å². The number of hydrogen-bond donors (Lipinski definition) is 5. The van der Waals surface area contributed by atoms with E-state index in [9.17, 15) is 24.9 Å². The normalized spacial score (nSPS) is 35.9. The van der Waals surface area contributed by atoms with Crippen molar-refractivity contribution in [1.29, 1.82) is 0 Å². The third-order valence-electron chi connectivity index (χ3n) is 2.64. The van der Waals surface area contributed by atoms with Crippen molar-refractivity contribution in [3.05, 3.63) is 0 Å². The van der Waals surface area contributed by atoms with Crippen LogP contribution in [0.2, 0.25) is 0 Å². The Hall–Kier alpha value is -1.22. The van der Waals surface area contributed by atoms with Crippen LogP contribution in [0.25, 0.3) is 0 Å². The standard InChI is InChI=1S/C10H18N2O6/c1-4(13)11-3-6-8(15)9(16)7(10(17)18-6)12-5(2)14/h6-10,15-17H,3H2,1-2H3,(H,11,13)(H,12,14)/t6?,7?,8-,9-,10?/m1/s1. The van der Waals surface area contributed by atoms with Crippen LogP contribution < -0.4 is 10.6 Å². The van der Waals surface area contributed by atoms with Crippen LogP contribution in [-0.2, 0) is 14.3 Å². The molecule has 18 heavy (non-hydrogen) atoms. The summed E-state index contributed by atoms with van der Waals surface area (Å²) in [5.41, 5.74) is 0. The molecule has 0 aromatic carbocycles. The van der Waals surface area contributed by atoms with E-state index < -0.39 is 36.6 Å². The molecule has 3 unspecified atom stereocenters. The number of aliphatic hydroxyl groups excluding tert-OH is 3. The fraction of sp³-hybridized carbons (Fsp3) is 0.800. The van der Waals surface area contributed by atoms with E-state index in [1.54, 1.807) is 0 Å². The molecule has 1 heterocycles. The van der Waals surface area contributed by atoms with E-state index in [1.807, 2.05) is 0 Å². The molecule has 0 aliphatic carbocycles. The molecule has 0 radical (unpaired) electrons. The van der Waals surface area contributed by atoms with Crippen molar-refractivity contribution in [3.63, 3.8) is 0 Å². The molecule has 0 saturated carbocycles. The zero-order valence-corrected chi connectivity index (χ0v) is 10.2. The van der Waals surface area contributed by atoms with Gasteiger partial charge in [-0.1, -0.05) is 0 Å². The molecule has 1 aliphatic heterocycles. The van der Waals surface area contributed by atoms with Crippen molar-refractivity contribution in [2.45, 2.75) is 44.5 Å². The van der Waals surface area contributed by atoms with Crippen molar-refractivity contribution in [1.82, 2.24) is 10.6 Å². The summed E-state index contributed by atoms with van der Waals surface area (Å²) in [6, 6.07) is -1.11. The van der Waals surface area contributed by atoms with Crippen LogP contribution in [0.4, 0.5) is 0 Å². The van der Waals surface area contributed by atoms with Gasteiger partial charge in [-0.05, 0) is 0 Å². The third-order valence-corrected chi connectivity index (χ3v) is 2.64. The van der Waals surface area contributed by atoms with E-state index in [1.165, 1.54) is 13.8 Å². The first kappa shape index (κ1) is 14.8. The smallest absolute Gasteiger partial charge is 0.217 e. The van der Waals surface area contributed by atoms with Gasteiger partial charge in [-0.15, -0.1) is 0 Å². The van der Waals surface area contributed by atoms with Crippen LogP contribution in [0.3, 0.4) is 0 Å². The summed E-state index contributed by atoms with van der Waals surface area (Å²) in [5, 5.41) is 33.9. The van der Waals surface area contributed by atoms with Crippen molar-refractivity contribution < 1.29 is 29.6 Å². The van der Waals surface area contributed by atoms with Gasteiger partial charge in [0.15, 0.2) is 6.29 Å². The Labute approximate surface area is 104 Å². The molecule has 0 aromatic rings. The van der Waals surface area contributed by atoms with E-state index in [0.29, 0.717) is 0 Å². The summed E-state index contributed by atoms with van der Waals surface area (Å²) in [6.07, 6.45) is -5.09. The van der Waals surface area contributed by atoms with Crippen LogP contribution in [0.1, 0.15) is 13.8 Å². The second kappa shape index (κ2) is 6.10. The van der Waals surface area contributed by atoms with Crippen molar-refractivity contribution in [2.24, 2.45) is 0 Å². The number of nitrogens with one attached hydrogen (secondary N) is 2. The lowest BCUT2D eigenvalue weighted by molar-refractivity contribution is -0.245. The monoisotopic (exact) mass is 262 g/mol. The van der Waals surface area contributed by atoms with E-state index in [-0.39, 0.29) is 12.5 Å². The van der Waals surface area contributed by atoms with Gasteiger partial charge >= 0.3 is 0 Å². The molecule has 0 spiro atoms. The van der Waals surface area contributed by atoms with Gasteiger partial charge in [0.05, 0.1) is 0 Å². The topological polar surface area (TPSA) is 128 Å². The number of hydrogen-bond acceptors (Lipinski definition) is 6. The summed E-state index contributed by atoms with van der Waals surface area (Å²) < 4.78 is 5.05. The first-order chi connectivity index (χ1) is 8.32. The van der Waals surface area contributed by atoms with Gasteiger partial charge in [-0.2, -0.15) is 0 Å². The van der Waals surface area contributed by atoms with Crippen molar-refractivity contribution in [3.8, 4) is 0 Å². The maximum absolute atomic E-state index is 10.9. The molecule has 5 atom stereocenters. The lowest BCUT2D eigenvalue weighted by atomic mass is 9.96. The first-order valence-corrected chi connectivity index (χ1v) is 5.54. The fourth-order valence-electron chi connectivity index (χ4n) is 1.75. The minimum Gasteiger partial charge on any atom is -0.388 e. The second-order valence-electron chi connectivity index (χ2n) is 4.21. The van der Waals surface area contributed by atoms with E-state index in [0.717, 1.165) is 0 Å². The van der Waals surface area contributed by atoms with Gasteiger partial charge < -0.3 is 30.7 Å². The van der Waals surface area contributed by atoms with Crippen LogP contribution in [0.15, 0.2) is 0 Å². The molecule has 1 saturated heterocycles. The molecular weight excluding hydrogens is 244 g/mol. The Kier molecular flexibility index (Phi) is 5.03. The predicted molar refractivity (Wildman–Crippen MR) is 59.2 cm³/mol. The number of amides is 2. The second-order valence-corrected chi connectivity index (χ2v) is 4.21. The highest BCUT2D eigenvalue weighted by molar-refractivity contribution is 5.73. The van der Waals surface area contributed by atoms with Gasteiger partial charge in [-0.25, -0.2) is 0 Å². The molecule has 8 nitrogen and oxygen atoms in total. The molecule has 104 valence electrons. The number of rotatable bonds is 3. The lowest BCUT2D eigenvalue weighted by Gasteiger charge is -2.40. The SMILES string of the molecule is CC(=O)NCC1OC(O)C(NC(C)=O)[C@@H](O)[C@@H]1O. The van der Waals surface area contributed by atoms with Gasteiger partial charge in [0.25, 0.3) is 0 Å². The summed E-state index contributed by atoms with van der Waals surface area (Å²) in [5.74, 6) is -0.784. The highest BCUT2D eigenvalue weighted by Gasteiger charge is 2.44. The Morgan fingerprint density at radius 2 is 1.72 bits per heavy atom. The summed E-state index contributed by atoms with van der Waals surface area (Å²) in [7, 11) is 0. The van der Waals surface area contributed by atoms with E-state index in [2.05, 4.69) is 10.6 Å². The quantitative estimate of drug-likeness (QED) is 0.370. The number of aliphatic hydroxyl groups is 3. The fourth-order valence-corrected chi connectivity index (χ4v) is 1.75. The highest BCUT2D eigenvalue weighted by Crippen LogP contribution is 2.19. The molecule has 1 rings (SSSR count). The lowest BCUT2D eigenvalue weighted by Crippen LogP contribution is -2.64. The molecule has 1 fully saturated rings. The van der Waals surface area contributed by atoms with Crippen LogP contribution in [0.5, 0.6) is 0 Å². The Morgan fingerprint density at radius 1 is 1.11 bits per heavy atom. The van der Waals surface area contributed by atoms with Crippen molar-refractivity contribution in [2.75, 3.05) is 6.54 Å². The largest absolute Gasteiger partial charge is 0.388 e. The van der Waals surface area contributed by atoms with Crippen LogP contribution >= 0.6 is 0 Å². The zero-order valence-electron chi connectivity index (χ0n) is 10.2. The summed E-state index contributed by atoms with van der Waals surface area (Å²) in [6.45, 7) is 2.47. The molecular formula is C10H18N2O6. The maximum atomic E-state index is 10.9. The Bertz CT molecular complexity index is 321. The Morgan fingerprint density at radius 3 is 2.22 bits per heavy atom. The van der Waals surface area contributed by atoms with E-state index in [4.69, 9.17) is 4.74 Å². The first-order valence-electron chi connectivity index (χ1n) is 5.54. The molecule has 0 aromatic heterocycles. The maximum Gasteiger partial charge on any atom is 0.217 e. The molecule has 0 bridgehead atoms. The third kappa shape index (κ3) is 3.64. The van der Waals surface area contributed by atoms with Gasteiger partial charge in [0.2, 0.25) is 11.8 Å². The highest BCUT2D eigenvalue weighted by atomic mass is 16.6. The Balaban J connectivity index is 2.64. The minimum atomic E-state index is -1.45. The average Bonchev–Trinajstić information content (AvgIpc) is 2.27.